The third-order valence-electron chi connectivity index (χ3n) is 5.02. The SMILES string of the molecule is C[C@H](Sc1nc(-c2ccccc2)cc(-c2ccc(Cl)cc2)c1C#N)C(=O)Nc1ccccc1. The van der Waals surface area contributed by atoms with Crippen LogP contribution in [-0.2, 0) is 4.79 Å². The first-order valence-electron chi connectivity index (χ1n) is 10.3. The number of thioether (sulfide) groups is 1. The number of hydrogen-bond acceptors (Lipinski definition) is 4. The molecule has 0 bridgehead atoms. The van der Waals surface area contributed by atoms with Crippen molar-refractivity contribution in [3.8, 4) is 28.5 Å². The van der Waals surface area contributed by atoms with E-state index in [2.05, 4.69) is 11.4 Å². The number of halogens is 1. The molecule has 4 aromatic rings. The maximum atomic E-state index is 12.8. The highest BCUT2D eigenvalue weighted by Crippen LogP contribution is 2.36. The number of amides is 1. The number of para-hydroxylation sites is 1. The standard InChI is InChI=1S/C27H20ClN3OS/c1-18(26(32)30-22-10-6-3-7-11-22)33-27-24(17-29)23(19-12-14-21(28)15-13-19)16-25(31-27)20-8-4-2-5-9-20/h2-16,18H,1H3,(H,30,32)/t18-/m0/s1. The number of carbonyl (C=O) groups is 1. The fraction of sp³-hybridized carbons (Fsp3) is 0.0741. The van der Waals surface area contributed by atoms with Gasteiger partial charge < -0.3 is 5.32 Å². The molecule has 1 aromatic heterocycles. The Kier molecular flexibility index (Phi) is 7.09. The normalized spacial score (nSPS) is 11.4. The number of nitriles is 1. The lowest BCUT2D eigenvalue weighted by Gasteiger charge is -2.16. The smallest absolute Gasteiger partial charge is 0.237 e. The average Bonchev–Trinajstić information content (AvgIpc) is 2.85. The number of benzene rings is 3. The number of aromatic nitrogens is 1. The Bertz CT molecular complexity index is 1300. The van der Waals surface area contributed by atoms with E-state index in [9.17, 15) is 10.1 Å². The van der Waals surface area contributed by atoms with Crippen LogP contribution in [0, 0.1) is 11.3 Å². The molecule has 0 aliphatic rings. The largest absolute Gasteiger partial charge is 0.325 e. The van der Waals surface area contributed by atoms with Gasteiger partial charge >= 0.3 is 0 Å². The van der Waals surface area contributed by atoms with Crippen molar-refractivity contribution in [2.75, 3.05) is 5.32 Å². The number of anilines is 1. The zero-order valence-corrected chi connectivity index (χ0v) is 19.4. The molecule has 4 rings (SSSR count). The molecule has 0 aliphatic carbocycles. The third-order valence-corrected chi connectivity index (χ3v) is 6.36. The van der Waals surface area contributed by atoms with Crippen molar-refractivity contribution >= 4 is 35.0 Å². The summed E-state index contributed by atoms with van der Waals surface area (Å²) in [6.07, 6.45) is 0. The van der Waals surface area contributed by atoms with Crippen LogP contribution in [0.5, 0.6) is 0 Å². The minimum atomic E-state index is -0.464. The quantitative estimate of drug-likeness (QED) is 0.307. The summed E-state index contributed by atoms with van der Waals surface area (Å²) in [6.45, 7) is 1.81. The van der Waals surface area contributed by atoms with Crippen molar-refractivity contribution in [2.24, 2.45) is 0 Å². The zero-order chi connectivity index (χ0) is 23.2. The number of nitrogens with zero attached hydrogens (tertiary/aromatic N) is 2. The summed E-state index contributed by atoms with van der Waals surface area (Å²) >= 11 is 7.35. The second-order valence-corrected chi connectivity index (χ2v) is 9.10. The highest BCUT2D eigenvalue weighted by Gasteiger charge is 2.21. The third kappa shape index (κ3) is 5.43. The van der Waals surface area contributed by atoms with Crippen molar-refractivity contribution in [3.05, 3.63) is 102 Å². The predicted molar refractivity (Wildman–Crippen MR) is 135 cm³/mol. The molecular weight excluding hydrogens is 450 g/mol. The van der Waals surface area contributed by atoms with E-state index in [1.54, 1.807) is 12.1 Å². The Morgan fingerprint density at radius 2 is 1.61 bits per heavy atom. The molecule has 0 spiro atoms. The molecule has 0 radical (unpaired) electrons. The molecule has 1 heterocycles. The lowest BCUT2D eigenvalue weighted by atomic mass is 9.99. The Morgan fingerprint density at radius 3 is 2.24 bits per heavy atom. The van der Waals surface area contributed by atoms with Crippen molar-refractivity contribution in [3.63, 3.8) is 0 Å². The molecule has 33 heavy (non-hydrogen) atoms. The van der Waals surface area contributed by atoms with E-state index in [1.807, 2.05) is 85.8 Å². The number of carbonyl (C=O) groups excluding carboxylic acids is 1. The second-order valence-electron chi connectivity index (χ2n) is 7.34. The van der Waals surface area contributed by atoms with Crippen LogP contribution in [0.25, 0.3) is 22.4 Å². The number of nitrogens with one attached hydrogen (secondary N) is 1. The number of pyridine rings is 1. The van der Waals surface area contributed by atoms with Gasteiger partial charge in [0.05, 0.1) is 16.5 Å². The summed E-state index contributed by atoms with van der Waals surface area (Å²) in [5, 5.41) is 13.6. The summed E-state index contributed by atoms with van der Waals surface area (Å²) in [4.78, 5) is 17.6. The van der Waals surface area contributed by atoms with Crippen molar-refractivity contribution in [1.82, 2.24) is 4.98 Å². The zero-order valence-electron chi connectivity index (χ0n) is 17.8. The van der Waals surface area contributed by atoms with Crippen LogP contribution < -0.4 is 5.32 Å². The first-order valence-corrected chi connectivity index (χ1v) is 11.6. The molecule has 1 atom stereocenters. The van der Waals surface area contributed by atoms with E-state index in [1.165, 1.54) is 11.8 Å². The van der Waals surface area contributed by atoms with Crippen LogP contribution in [0.4, 0.5) is 5.69 Å². The van der Waals surface area contributed by atoms with Crippen LogP contribution in [0.2, 0.25) is 5.02 Å². The molecule has 162 valence electrons. The van der Waals surface area contributed by atoms with Gasteiger partial charge in [-0.1, -0.05) is 84.0 Å². The van der Waals surface area contributed by atoms with Crippen LogP contribution >= 0.6 is 23.4 Å². The molecule has 6 heteroatoms. The molecule has 1 amide bonds. The fourth-order valence-electron chi connectivity index (χ4n) is 3.32. The van der Waals surface area contributed by atoms with Gasteiger partial charge in [-0.3, -0.25) is 4.79 Å². The summed E-state index contributed by atoms with van der Waals surface area (Å²) in [5.41, 5.74) is 4.43. The minimum Gasteiger partial charge on any atom is -0.325 e. The second kappa shape index (κ2) is 10.4. The Labute approximate surface area is 202 Å². The molecule has 0 unspecified atom stereocenters. The summed E-state index contributed by atoms with van der Waals surface area (Å²) < 4.78 is 0. The Hall–Kier alpha value is -3.59. The first-order chi connectivity index (χ1) is 16.0. The van der Waals surface area contributed by atoms with Gasteiger partial charge in [0.2, 0.25) is 5.91 Å². The van der Waals surface area contributed by atoms with Gasteiger partial charge in [-0.05, 0) is 42.8 Å². The van der Waals surface area contributed by atoms with E-state index < -0.39 is 5.25 Å². The van der Waals surface area contributed by atoms with Gasteiger partial charge in [0.25, 0.3) is 0 Å². The molecule has 0 fully saturated rings. The monoisotopic (exact) mass is 469 g/mol. The Balaban J connectivity index is 1.74. The van der Waals surface area contributed by atoms with E-state index in [0.29, 0.717) is 15.6 Å². The van der Waals surface area contributed by atoms with Crippen LogP contribution in [0.15, 0.2) is 96.0 Å². The molecule has 1 N–H and O–H groups in total. The van der Waals surface area contributed by atoms with Crippen LogP contribution in [-0.4, -0.2) is 16.1 Å². The molecule has 0 saturated carbocycles. The maximum Gasteiger partial charge on any atom is 0.237 e. The first kappa shape index (κ1) is 22.6. The van der Waals surface area contributed by atoms with Crippen molar-refractivity contribution in [1.29, 1.82) is 5.26 Å². The van der Waals surface area contributed by atoms with Gasteiger partial charge in [-0.15, -0.1) is 0 Å². The van der Waals surface area contributed by atoms with Gasteiger partial charge in [0.1, 0.15) is 11.1 Å². The van der Waals surface area contributed by atoms with Gasteiger partial charge in [-0.25, -0.2) is 4.98 Å². The van der Waals surface area contributed by atoms with E-state index in [-0.39, 0.29) is 5.91 Å². The van der Waals surface area contributed by atoms with Gasteiger partial charge in [0.15, 0.2) is 0 Å². The van der Waals surface area contributed by atoms with Crippen molar-refractivity contribution in [2.45, 2.75) is 17.2 Å². The van der Waals surface area contributed by atoms with E-state index in [4.69, 9.17) is 16.6 Å². The minimum absolute atomic E-state index is 0.157. The molecule has 0 saturated heterocycles. The van der Waals surface area contributed by atoms with Gasteiger partial charge in [0, 0.05) is 21.8 Å². The Morgan fingerprint density at radius 1 is 0.970 bits per heavy atom. The highest BCUT2D eigenvalue weighted by atomic mass is 35.5. The highest BCUT2D eigenvalue weighted by molar-refractivity contribution is 8.00. The molecule has 0 aliphatic heterocycles. The number of rotatable bonds is 6. The van der Waals surface area contributed by atoms with Crippen molar-refractivity contribution < 1.29 is 4.79 Å². The lowest BCUT2D eigenvalue weighted by molar-refractivity contribution is -0.115. The lowest BCUT2D eigenvalue weighted by Crippen LogP contribution is -2.22. The molecular formula is C27H20ClN3OS. The van der Waals surface area contributed by atoms with Crippen LogP contribution in [0.1, 0.15) is 12.5 Å². The van der Waals surface area contributed by atoms with Crippen LogP contribution in [0.3, 0.4) is 0 Å². The molecule has 3 aromatic carbocycles. The maximum absolute atomic E-state index is 12.8. The summed E-state index contributed by atoms with van der Waals surface area (Å²) in [7, 11) is 0. The summed E-state index contributed by atoms with van der Waals surface area (Å²) in [5.74, 6) is -0.157. The van der Waals surface area contributed by atoms with E-state index in [0.717, 1.165) is 28.1 Å². The topological polar surface area (TPSA) is 65.8 Å². The molecule has 4 nitrogen and oxygen atoms in total. The average molecular weight is 470 g/mol. The summed E-state index contributed by atoms with van der Waals surface area (Å²) in [6, 6.07) is 30.6. The number of hydrogen-bond donors (Lipinski definition) is 1. The van der Waals surface area contributed by atoms with Gasteiger partial charge in [-0.2, -0.15) is 5.26 Å². The fourth-order valence-corrected chi connectivity index (χ4v) is 4.37. The predicted octanol–water partition coefficient (Wildman–Crippen LogP) is 7.06. The van der Waals surface area contributed by atoms with E-state index >= 15 is 0 Å².